The lowest BCUT2D eigenvalue weighted by atomic mass is 10.0. The van der Waals surface area contributed by atoms with Crippen LogP contribution >= 0.6 is 15.9 Å². The van der Waals surface area contributed by atoms with Crippen molar-refractivity contribution in [2.75, 3.05) is 0 Å². The number of benzene rings is 2. The van der Waals surface area contributed by atoms with Crippen molar-refractivity contribution in [1.29, 1.82) is 0 Å². The first kappa shape index (κ1) is 14.0. The number of nitrogens with zero attached hydrogens (tertiary/aromatic N) is 1. The highest BCUT2D eigenvalue weighted by molar-refractivity contribution is 9.09. The van der Waals surface area contributed by atoms with Crippen LogP contribution in [0.25, 0.3) is 11.1 Å². The maximum absolute atomic E-state index is 13.3. The van der Waals surface area contributed by atoms with E-state index in [1.165, 1.54) is 16.7 Å². The van der Waals surface area contributed by atoms with Gasteiger partial charge in [0.1, 0.15) is 11.6 Å². The fraction of sp³-hybridized carbons (Fsp3) is 0.133. The Hall–Kier alpha value is -1.95. The highest BCUT2D eigenvalue weighted by Gasteiger charge is 2.15. The monoisotopic (exact) mass is 353 g/mol. The number of rotatable bonds is 2. The zero-order valence-corrected chi connectivity index (χ0v) is 12.5. The van der Waals surface area contributed by atoms with E-state index < -0.39 is 22.2 Å². The largest absolute Gasteiger partial charge is 0.419 e. The van der Waals surface area contributed by atoms with Gasteiger partial charge in [0.2, 0.25) is 0 Å². The second-order valence-corrected chi connectivity index (χ2v) is 5.64. The minimum Gasteiger partial charge on any atom is -0.408 e. The minimum absolute atomic E-state index is 0.405. The van der Waals surface area contributed by atoms with Crippen LogP contribution in [0, 0.1) is 11.6 Å². The van der Waals surface area contributed by atoms with Gasteiger partial charge >= 0.3 is 5.76 Å². The molecule has 0 aliphatic heterocycles. The number of aryl methyl sites for hydroxylation is 1. The van der Waals surface area contributed by atoms with E-state index in [-0.39, 0.29) is 0 Å². The number of oxazole rings is 1. The molecule has 0 radical (unpaired) electrons. The number of hydrogen-bond acceptors (Lipinski definition) is 2. The Labute approximate surface area is 126 Å². The Bertz CT molecular complexity index is 865. The molecule has 1 atom stereocenters. The van der Waals surface area contributed by atoms with Crippen molar-refractivity contribution in [3.05, 3.63) is 69.7 Å². The fourth-order valence-electron chi connectivity index (χ4n) is 2.22. The second kappa shape index (κ2) is 5.11. The fourth-order valence-corrected chi connectivity index (χ4v) is 2.77. The van der Waals surface area contributed by atoms with Gasteiger partial charge in [0.25, 0.3) is 0 Å². The first-order valence-electron chi connectivity index (χ1n) is 6.15. The molecule has 1 aromatic heterocycles. The summed E-state index contributed by atoms with van der Waals surface area (Å²) < 4.78 is 33.1. The Morgan fingerprint density at radius 3 is 2.43 bits per heavy atom. The third-order valence-corrected chi connectivity index (χ3v) is 4.34. The standard InChI is InChI=1S/C15H10BrF2NO2/c1-19-12-3-2-8(6-13(12)21-15(19)20)14(16)9-4-10(17)7-11(18)5-9/h2-7,14H,1H3. The van der Waals surface area contributed by atoms with Crippen LogP contribution in [0.5, 0.6) is 0 Å². The van der Waals surface area contributed by atoms with E-state index in [9.17, 15) is 13.6 Å². The molecule has 3 nitrogen and oxygen atoms in total. The average Bonchev–Trinajstić information content (AvgIpc) is 2.71. The Kier molecular flexibility index (Phi) is 3.41. The molecule has 0 N–H and O–H groups in total. The SMILES string of the molecule is Cn1c(=O)oc2cc(C(Br)c3cc(F)cc(F)c3)ccc21. The van der Waals surface area contributed by atoms with Gasteiger partial charge in [-0.25, -0.2) is 13.6 Å². The molecule has 21 heavy (non-hydrogen) atoms. The molecule has 1 heterocycles. The van der Waals surface area contributed by atoms with E-state index in [1.807, 2.05) is 0 Å². The van der Waals surface area contributed by atoms with Gasteiger partial charge < -0.3 is 4.42 Å². The zero-order chi connectivity index (χ0) is 15.1. The third kappa shape index (κ3) is 2.51. The molecule has 1 unspecified atom stereocenters. The highest BCUT2D eigenvalue weighted by Crippen LogP contribution is 2.33. The van der Waals surface area contributed by atoms with Gasteiger partial charge in [0.15, 0.2) is 5.58 Å². The van der Waals surface area contributed by atoms with E-state index in [0.717, 1.165) is 11.6 Å². The number of halogens is 3. The molecule has 0 saturated carbocycles. The molecule has 2 aromatic carbocycles. The molecule has 0 amide bonds. The van der Waals surface area contributed by atoms with Crippen molar-refractivity contribution < 1.29 is 13.2 Å². The summed E-state index contributed by atoms with van der Waals surface area (Å²) in [6, 6.07) is 8.53. The lowest BCUT2D eigenvalue weighted by molar-refractivity contribution is 0.528. The molecule has 3 aromatic rings. The summed E-state index contributed by atoms with van der Waals surface area (Å²) in [5.74, 6) is -1.73. The summed E-state index contributed by atoms with van der Waals surface area (Å²) in [5.41, 5.74) is 2.28. The van der Waals surface area contributed by atoms with Crippen molar-refractivity contribution in [2.45, 2.75) is 4.83 Å². The topological polar surface area (TPSA) is 35.1 Å². The molecule has 0 saturated heterocycles. The molecule has 0 spiro atoms. The highest BCUT2D eigenvalue weighted by atomic mass is 79.9. The van der Waals surface area contributed by atoms with E-state index in [4.69, 9.17) is 4.42 Å². The van der Waals surface area contributed by atoms with Crippen LogP contribution in [0.15, 0.2) is 45.6 Å². The van der Waals surface area contributed by atoms with Crippen molar-refractivity contribution >= 4 is 27.0 Å². The van der Waals surface area contributed by atoms with Crippen molar-refractivity contribution in [2.24, 2.45) is 7.05 Å². The van der Waals surface area contributed by atoms with Crippen LogP contribution in [0.3, 0.4) is 0 Å². The first-order valence-corrected chi connectivity index (χ1v) is 7.07. The van der Waals surface area contributed by atoms with Crippen LogP contribution in [-0.4, -0.2) is 4.57 Å². The third-order valence-electron chi connectivity index (χ3n) is 3.29. The van der Waals surface area contributed by atoms with Crippen molar-refractivity contribution in [3.63, 3.8) is 0 Å². The van der Waals surface area contributed by atoms with Crippen LogP contribution < -0.4 is 5.76 Å². The predicted octanol–water partition coefficient (Wildman–Crippen LogP) is 3.89. The maximum atomic E-state index is 13.3. The predicted molar refractivity (Wildman–Crippen MR) is 78.6 cm³/mol. The van der Waals surface area contributed by atoms with E-state index >= 15 is 0 Å². The van der Waals surface area contributed by atoms with Crippen molar-refractivity contribution in [3.8, 4) is 0 Å². The van der Waals surface area contributed by atoms with E-state index in [0.29, 0.717) is 16.7 Å². The summed E-state index contributed by atoms with van der Waals surface area (Å²) in [5, 5.41) is 0. The van der Waals surface area contributed by atoms with Crippen molar-refractivity contribution in [1.82, 2.24) is 4.57 Å². The van der Waals surface area contributed by atoms with Gasteiger partial charge in [-0.3, -0.25) is 4.57 Å². The molecule has 0 aliphatic carbocycles. The molecule has 0 aliphatic rings. The Morgan fingerprint density at radius 2 is 1.76 bits per heavy atom. The smallest absolute Gasteiger partial charge is 0.408 e. The summed E-state index contributed by atoms with van der Waals surface area (Å²) in [4.78, 5) is 11.1. The van der Waals surface area contributed by atoms with Gasteiger partial charge in [-0.15, -0.1) is 0 Å². The molecular formula is C15H10BrF2NO2. The lowest BCUT2D eigenvalue weighted by Gasteiger charge is -2.11. The van der Waals surface area contributed by atoms with Gasteiger partial charge in [-0.1, -0.05) is 22.0 Å². The maximum Gasteiger partial charge on any atom is 0.419 e. The normalized spacial score (nSPS) is 12.8. The van der Waals surface area contributed by atoms with Gasteiger partial charge in [-0.05, 0) is 35.4 Å². The molecule has 6 heteroatoms. The minimum atomic E-state index is -0.637. The molecule has 3 rings (SSSR count). The lowest BCUT2D eigenvalue weighted by Crippen LogP contribution is -2.08. The van der Waals surface area contributed by atoms with Crippen LogP contribution in [-0.2, 0) is 7.05 Å². The summed E-state index contributed by atoms with van der Waals surface area (Å²) in [7, 11) is 1.61. The second-order valence-electron chi connectivity index (χ2n) is 4.72. The molecule has 0 fully saturated rings. The Balaban J connectivity index is 2.08. The summed E-state index contributed by atoms with van der Waals surface area (Å²) in [6.45, 7) is 0. The number of aromatic nitrogens is 1. The van der Waals surface area contributed by atoms with E-state index in [2.05, 4.69) is 15.9 Å². The molecule has 108 valence electrons. The van der Waals surface area contributed by atoms with Gasteiger partial charge in [-0.2, -0.15) is 0 Å². The number of fused-ring (bicyclic) bond motifs is 1. The van der Waals surface area contributed by atoms with Gasteiger partial charge in [0, 0.05) is 13.1 Å². The quantitative estimate of drug-likeness (QED) is 0.655. The van der Waals surface area contributed by atoms with Crippen LogP contribution in [0.1, 0.15) is 16.0 Å². The number of alkyl halides is 1. The molecule has 0 bridgehead atoms. The van der Waals surface area contributed by atoms with Crippen LogP contribution in [0.4, 0.5) is 8.78 Å². The first-order chi connectivity index (χ1) is 9.95. The average molecular weight is 354 g/mol. The Morgan fingerprint density at radius 1 is 1.10 bits per heavy atom. The zero-order valence-electron chi connectivity index (χ0n) is 10.9. The van der Waals surface area contributed by atoms with E-state index in [1.54, 1.807) is 25.2 Å². The van der Waals surface area contributed by atoms with Gasteiger partial charge in [0.05, 0.1) is 10.3 Å². The van der Waals surface area contributed by atoms with Crippen LogP contribution in [0.2, 0.25) is 0 Å². The molecular weight excluding hydrogens is 344 g/mol. The number of hydrogen-bond donors (Lipinski definition) is 0. The summed E-state index contributed by atoms with van der Waals surface area (Å²) in [6.07, 6.45) is 0. The summed E-state index contributed by atoms with van der Waals surface area (Å²) >= 11 is 3.41.